The van der Waals surface area contributed by atoms with Gasteiger partial charge in [-0.15, -0.1) is 11.3 Å². The lowest BCUT2D eigenvalue weighted by Crippen LogP contribution is -2.14. The van der Waals surface area contributed by atoms with Crippen LogP contribution in [0.3, 0.4) is 0 Å². The molecular weight excluding hydrogens is 349 g/mol. The van der Waals surface area contributed by atoms with Gasteiger partial charge in [0.1, 0.15) is 11.1 Å². The molecule has 0 saturated carbocycles. The summed E-state index contributed by atoms with van der Waals surface area (Å²) in [5.41, 5.74) is 0.441. The Kier molecular flexibility index (Phi) is 4.56. The average molecular weight is 364 g/mol. The molecule has 1 aromatic heterocycles. The highest BCUT2D eigenvalue weighted by atomic mass is 32.1. The number of amides is 1. The van der Waals surface area contributed by atoms with Gasteiger partial charge < -0.3 is 5.32 Å². The van der Waals surface area contributed by atoms with Crippen LogP contribution in [0.4, 0.5) is 18.2 Å². The van der Waals surface area contributed by atoms with Gasteiger partial charge >= 0.3 is 6.18 Å². The third-order valence-electron chi connectivity index (χ3n) is 4.30. The van der Waals surface area contributed by atoms with Crippen LogP contribution >= 0.6 is 11.3 Å². The fourth-order valence-corrected chi connectivity index (χ4v) is 4.17. The predicted molar refractivity (Wildman–Crippen MR) is 89.6 cm³/mol. The number of rotatable bonds is 2. The van der Waals surface area contributed by atoms with E-state index in [-0.39, 0.29) is 5.56 Å². The molecular formula is C18H15F3N2OS. The second-order valence-corrected chi connectivity index (χ2v) is 7.31. The van der Waals surface area contributed by atoms with Crippen LogP contribution in [-0.4, -0.2) is 5.91 Å². The van der Waals surface area contributed by atoms with Crippen molar-refractivity contribution in [3.05, 3.63) is 51.4 Å². The molecule has 3 rings (SSSR count). The lowest BCUT2D eigenvalue weighted by atomic mass is 9.88. The van der Waals surface area contributed by atoms with Crippen molar-refractivity contribution in [1.82, 2.24) is 0 Å². The second-order valence-electron chi connectivity index (χ2n) is 6.20. The van der Waals surface area contributed by atoms with Crippen molar-refractivity contribution in [1.29, 1.82) is 5.26 Å². The summed E-state index contributed by atoms with van der Waals surface area (Å²) >= 11 is 1.34. The van der Waals surface area contributed by atoms with E-state index in [1.165, 1.54) is 23.5 Å². The lowest BCUT2D eigenvalue weighted by Gasteiger charge is -2.17. The molecule has 1 aromatic carbocycles. The minimum absolute atomic E-state index is 0.0848. The Bertz CT molecular complexity index is 864. The molecule has 0 aliphatic heterocycles. The third-order valence-corrected chi connectivity index (χ3v) is 5.51. The Morgan fingerprint density at radius 3 is 2.84 bits per heavy atom. The maximum Gasteiger partial charge on any atom is 0.416 e. The number of halogens is 3. The molecule has 0 bridgehead atoms. The molecule has 0 saturated heterocycles. The van der Waals surface area contributed by atoms with Crippen molar-refractivity contribution < 1.29 is 18.0 Å². The number of hydrogen-bond donors (Lipinski definition) is 1. The fraction of sp³-hybridized carbons (Fsp3) is 0.333. The van der Waals surface area contributed by atoms with E-state index in [1.54, 1.807) is 0 Å². The van der Waals surface area contributed by atoms with Gasteiger partial charge in [-0.2, -0.15) is 18.4 Å². The molecule has 130 valence electrons. The van der Waals surface area contributed by atoms with Gasteiger partial charge in [0, 0.05) is 10.4 Å². The number of aryl methyl sites for hydroxylation is 1. The lowest BCUT2D eigenvalue weighted by molar-refractivity contribution is -0.137. The van der Waals surface area contributed by atoms with Crippen LogP contribution in [-0.2, 0) is 19.0 Å². The van der Waals surface area contributed by atoms with E-state index in [0.717, 1.165) is 41.8 Å². The molecule has 2 aromatic rings. The number of nitrogens with zero attached hydrogens (tertiary/aromatic N) is 1. The number of alkyl halides is 3. The molecule has 0 unspecified atom stereocenters. The number of carbonyl (C=O) groups is 1. The molecule has 25 heavy (non-hydrogen) atoms. The van der Waals surface area contributed by atoms with E-state index in [4.69, 9.17) is 0 Å². The van der Waals surface area contributed by atoms with Crippen molar-refractivity contribution in [3.8, 4) is 6.07 Å². The third kappa shape index (κ3) is 3.54. The standard InChI is InChI=1S/C18H15F3N2OS/c1-10-5-6-15-13(7-10)14(9-22)17(25-15)23-16(24)11-3-2-4-12(8-11)18(19,20)21/h2-4,8,10H,5-7H2,1H3,(H,23,24)/t10-/m1/s1. The average Bonchev–Trinajstić information content (AvgIpc) is 2.90. The number of benzene rings is 1. The van der Waals surface area contributed by atoms with E-state index in [0.29, 0.717) is 16.5 Å². The summed E-state index contributed by atoms with van der Waals surface area (Å²) in [6.07, 6.45) is -1.84. The maximum absolute atomic E-state index is 12.8. The summed E-state index contributed by atoms with van der Waals surface area (Å²) < 4.78 is 38.4. The zero-order valence-corrected chi connectivity index (χ0v) is 14.2. The Hall–Kier alpha value is -2.33. The van der Waals surface area contributed by atoms with Gasteiger partial charge in [0.15, 0.2) is 0 Å². The summed E-state index contributed by atoms with van der Waals surface area (Å²) in [6.45, 7) is 2.11. The highest BCUT2D eigenvalue weighted by molar-refractivity contribution is 7.16. The van der Waals surface area contributed by atoms with Crippen molar-refractivity contribution in [3.63, 3.8) is 0 Å². The van der Waals surface area contributed by atoms with E-state index in [2.05, 4.69) is 18.3 Å². The SMILES string of the molecule is C[C@@H]1CCc2sc(NC(=O)c3cccc(C(F)(F)F)c3)c(C#N)c2C1. The normalized spacial score (nSPS) is 16.8. The molecule has 1 atom stereocenters. The van der Waals surface area contributed by atoms with Crippen molar-refractivity contribution >= 4 is 22.2 Å². The number of hydrogen-bond acceptors (Lipinski definition) is 3. The monoisotopic (exact) mass is 364 g/mol. The van der Waals surface area contributed by atoms with Crippen LogP contribution in [0.15, 0.2) is 24.3 Å². The fourth-order valence-electron chi connectivity index (χ4n) is 2.98. The smallest absolute Gasteiger partial charge is 0.312 e. The Balaban J connectivity index is 1.89. The van der Waals surface area contributed by atoms with E-state index >= 15 is 0 Å². The molecule has 0 spiro atoms. The zero-order valence-electron chi connectivity index (χ0n) is 13.4. The number of nitrogens with one attached hydrogen (secondary N) is 1. The van der Waals surface area contributed by atoms with Crippen LogP contribution in [0.2, 0.25) is 0 Å². The number of anilines is 1. The molecule has 1 heterocycles. The quantitative estimate of drug-likeness (QED) is 0.814. The first-order valence-electron chi connectivity index (χ1n) is 7.83. The van der Waals surface area contributed by atoms with Gasteiger partial charge in [-0.05, 0) is 48.9 Å². The highest BCUT2D eigenvalue weighted by Gasteiger charge is 2.31. The molecule has 7 heteroatoms. The van der Waals surface area contributed by atoms with E-state index in [9.17, 15) is 23.2 Å². The number of thiophene rings is 1. The number of fused-ring (bicyclic) bond motifs is 1. The van der Waals surface area contributed by atoms with Crippen molar-refractivity contribution in [2.45, 2.75) is 32.4 Å². The Morgan fingerprint density at radius 1 is 1.40 bits per heavy atom. The van der Waals surface area contributed by atoms with Crippen LogP contribution < -0.4 is 5.32 Å². The minimum Gasteiger partial charge on any atom is -0.312 e. The van der Waals surface area contributed by atoms with Gasteiger partial charge in [-0.25, -0.2) is 0 Å². The maximum atomic E-state index is 12.8. The van der Waals surface area contributed by atoms with Crippen LogP contribution in [0, 0.1) is 17.2 Å². The van der Waals surface area contributed by atoms with Gasteiger partial charge in [-0.3, -0.25) is 4.79 Å². The van der Waals surface area contributed by atoms with Crippen LogP contribution in [0.25, 0.3) is 0 Å². The molecule has 1 amide bonds. The summed E-state index contributed by atoms with van der Waals surface area (Å²) in [5.74, 6) is -0.171. The summed E-state index contributed by atoms with van der Waals surface area (Å²) in [7, 11) is 0. The Morgan fingerprint density at radius 2 is 2.16 bits per heavy atom. The first kappa shape index (κ1) is 17.5. The molecule has 1 aliphatic carbocycles. The summed E-state index contributed by atoms with van der Waals surface area (Å²) in [5, 5.41) is 12.5. The number of nitriles is 1. The molecule has 1 aliphatic rings. The number of carbonyl (C=O) groups excluding carboxylic acids is 1. The van der Waals surface area contributed by atoms with Gasteiger partial charge in [-0.1, -0.05) is 13.0 Å². The topological polar surface area (TPSA) is 52.9 Å². The van der Waals surface area contributed by atoms with Gasteiger partial charge in [0.05, 0.1) is 11.1 Å². The molecule has 0 radical (unpaired) electrons. The second kappa shape index (κ2) is 6.52. The molecule has 3 nitrogen and oxygen atoms in total. The predicted octanol–water partition coefficient (Wildman–Crippen LogP) is 5.02. The molecule has 0 fully saturated rings. The van der Waals surface area contributed by atoms with E-state index in [1.807, 2.05) is 0 Å². The van der Waals surface area contributed by atoms with Crippen LogP contribution in [0.5, 0.6) is 0 Å². The zero-order chi connectivity index (χ0) is 18.2. The van der Waals surface area contributed by atoms with Crippen molar-refractivity contribution in [2.75, 3.05) is 5.32 Å². The van der Waals surface area contributed by atoms with E-state index < -0.39 is 17.6 Å². The van der Waals surface area contributed by atoms with Gasteiger partial charge in [0.25, 0.3) is 5.91 Å². The summed E-state index contributed by atoms with van der Waals surface area (Å²) in [6, 6.07) is 6.39. The van der Waals surface area contributed by atoms with Crippen LogP contribution in [0.1, 0.15) is 45.3 Å². The first-order chi connectivity index (χ1) is 11.8. The largest absolute Gasteiger partial charge is 0.416 e. The van der Waals surface area contributed by atoms with Crippen molar-refractivity contribution in [2.24, 2.45) is 5.92 Å². The van der Waals surface area contributed by atoms with Gasteiger partial charge in [0.2, 0.25) is 0 Å². The summed E-state index contributed by atoms with van der Waals surface area (Å²) in [4.78, 5) is 13.4. The molecule has 1 N–H and O–H groups in total. The highest BCUT2D eigenvalue weighted by Crippen LogP contribution is 2.39. The first-order valence-corrected chi connectivity index (χ1v) is 8.64. The minimum atomic E-state index is -4.51. The Labute approximate surface area is 147 Å².